The predicted octanol–water partition coefficient (Wildman–Crippen LogP) is -3.02. The maximum Gasteiger partial charge on any atom is 0.483 e. The van der Waals surface area contributed by atoms with Gasteiger partial charge in [-0.05, 0) is 13.8 Å². The quantitative estimate of drug-likeness (QED) is 0.0242. The minimum absolute atomic E-state index is 0.00885. The summed E-state index contributed by atoms with van der Waals surface area (Å²) in [6.45, 7) is 4.42. The van der Waals surface area contributed by atoms with Crippen molar-refractivity contribution in [3.05, 3.63) is 34.2 Å². The number of amides is 2. The van der Waals surface area contributed by atoms with Gasteiger partial charge in [0, 0.05) is 25.4 Å². The number of alkyl carbamates (subject to hydrolysis) is 1. The van der Waals surface area contributed by atoms with E-state index in [1.54, 1.807) is 0 Å². The molecule has 1 aliphatic carbocycles. The van der Waals surface area contributed by atoms with Crippen LogP contribution in [0.4, 0.5) is 4.79 Å². The molecule has 362 valence electrons. The number of ether oxygens (including phenoxy) is 7. The normalized spacial score (nSPS) is 28.6. The predicted molar refractivity (Wildman–Crippen MR) is 211 cm³/mol. The monoisotopic (exact) mass is 960 g/mol. The Bertz CT molecular complexity index is 2040. The molecular formula is C34H54N6O22P2. The highest BCUT2D eigenvalue weighted by molar-refractivity contribution is 7.61. The van der Waals surface area contributed by atoms with Crippen molar-refractivity contribution in [2.45, 2.75) is 75.5 Å². The van der Waals surface area contributed by atoms with Crippen molar-refractivity contribution >= 4 is 38.8 Å². The lowest BCUT2D eigenvalue weighted by molar-refractivity contribution is -0.273. The first kappa shape index (κ1) is 51.6. The van der Waals surface area contributed by atoms with Crippen molar-refractivity contribution in [3.8, 4) is 0 Å². The van der Waals surface area contributed by atoms with E-state index in [-0.39, 0.29) is 55.8 Å². The van der Waals surface area contributed by atoms with Crippen LogP contribution in [0.2, 0.25) is 0 Å². The molecule has 0 spiro atoms. The second-order valence-electron chi connectivity index (χ2n) is 14.5. The van der Waals surface area contributed by atoms with Crippen LogP contribution in [-0.4, -0.2) is 195 Å². The fraction of sp³-hybridized carbons (Fsp3) is 0.735. The lowest BCUT2D eigenvalue weighted by Crippen LogP contribution is -2.60. The third kappa shape index (κ3) is 15.4. The lowest BCUT2D eigenvalue weighted by Gasteiger charge is -2.40. The summed E-state index contributed by atoms with van der Waals surface area (Å²) in [6, 6.07) is 0. The fourth-order valence-electron chi connectivity index (χ4n) is 6.08. The maximum absolute atomic E-state index is 12.7. The topological polar surface area (TPSA) is 390 Å². The Morgan fingerprint density at radius 1 is 0.812 bits per heavy atom. The smallest absolute Gasteiger partial charge is 0.449 e. The number of aromatic amines is 1. The zero-order chi connectivity index (χ0) is 46.6. The van der Waals surface area contributed by atoms with Gasteiger partial charge in [0.2, 0.25) is 5.91 Å². The lowest BCUT2D eigenvalue weighted by atomic mass is 9.99. The van der Waals surface area contributed by atoms with Gasteiger partial charge in [-0.1, -0.05) is 11.6 Å². The van der Waals surface area contributed by atoms with E-state index in [1.165, 1.54) is 12.5 Å². The number of nitrogens with zero attached hydrogens (tertiary/aromatic N) is 3. The molecule has 30 heteroatoms. The molecule has 0 radical (unpaired) electrons. The highest BCUT2D eigenvalue weighted by Gasteiger charge is 2.50. The van der Waals surface area contributed by atoms with Crippen LogP contribution in [0, 0.1) is 12.8 Å². The standard InChI is InChI=1S/C34H54N6O22P2/c1-18-13-20(18)15-57-34(48)35-4-6-54-8-10-56-12-11-55-9-7-53-5-3-23(41)36-14-21-25(42)27(44)29(46)33(60-21)61-64(51,52)62-63(49,50)58-16-22-26(43)28(45)32(59-22)40-17-37-24-30(40)38-19(2)39-31(24)47/h13,17,20-22,25-29,32-33,42-46H,3-12,14-16H2,1-2H3,(H,35,48)(H,36,41)(H,49,50)(H,51,52)(H,38,39,47)/t20?,21?,22-,25-,26?,27+,28+,29?,32-,33-/m1/s1. The molecule has 5 rings (SSSR count). The number of carbonyl (C=O) groups excluding carboxylic acids is 2. The van der Waals surface area contributed by atoms with E-state index in [1.807, 2.05) is 13.0 Å². The number of imidazole rings is 1. The molecule has 6 unspecified atom stereocenters. The number of aliphatic hydroxyl groups excluding tert-OH is 5. The number of aryl methyl sites for hydroxylation is 1. The van der Waals surface area contributed by atoms with Gasteiger partial charge >= 0.3 is 21.7 Å². The minimum atomic E-state index is -5.72. The largest absolute Gasteiger partial charge is 0.483 e. The number of phosphoric acid groups is 2. The molecular weight excluding hydrogens is 906 g/mol. The Kier molecular flexibility index (Phi) is 19.3. The number of hydrogen-bond donors (Lipinski definition) is 10. The third-order valence-corrected chi connectivity index (χ3v) is 12.2. The van der Waals surface area contributed by atoms with Gasteiger partial charge in [0.1, 0.15) is 55.2 Å². The number of hydrogen-bond acceptors (Lipinski definition) is 22. The molecule has 10 N–H and O–H groups in total. The molecule has 2 amide bonds. The molecule has 0 aromatic carbocycles. The number of aromatic nitrogens is 4. The Morgan fingerprint density at radius 3 is 2.09 bits per heavy atom. The van der Waals surface area contributed by atoms with Crippen molar-refractivity contribution in [1.82, 2.24) is 30.2 Å². The Balaban J connectivity index is 0.922. The molecule has 2 aromatic rings. The number of phosphoric ester groups is 2. The Labute approximate surface area is 363 Å². The van der Waals surface area contributed by atoms with Gasteiger partial charge in [0.05, 0.1) is 65.8 Å². The van der Waals surface area contributed by atoms with Crippen LogP contribution >= 0.6 is 15.6 Å². The summed E-state index contributed by atoms with van der Waals surface area (Å²) in [5.41, 5.74) is 0.511. The maximum atomic E-state index is 12.7. The summed E-state index contributed by atoms with van der Waals surface area (Å²) in [7, 11) is -11.3. The van der Waals surface area contributed by atoms with E-state index in [4.69, 9.17) is 42.2 Å². The SMILES string of the molecule is CC1=CC1COC(=O)NCCOCCOCCOCCOCCC(=O)NCC1O[C@H](OP(=O)(O)OP(=O)(O)OC[C@H]2O[C@@H](n3cnc4c(=O)[nH]c(C)nc43)[C@@H](O)C2O)C(O)[C@@H](O)[C@@H]1O. The number of nitrogens with one attached hydrogen (secondary N) is 3. The second kappa shape index (κ2) is 23.9. The van der Waals surface area contributed by atoms with E-state index in [0.717, 1.165) is 10.9 Å². The molecule has 2 aromatic heterocycles. The molecule has 2 saturated heterocycles. The van der Waals surface area contributed by atoms with Crippen molar-refractivity contribution < 1.29 is 101 Å². The highest BCUT2D eigenvalue weighted by Crippen LogP contribution is 2.61. The molecule has 2 fully saturated rings. The van der Waals surface area contributed by atoms with E-state index in [0.29, 0.717) is 39.6 Å². The number of rotatable bonds is 27. The molecule has 0 bridgehead atoms. The van der Waals surface area contributed by atoms with Crippen LogP contribution in [0.3, 0.4) is 0 Å². The first-order valence-electron chi connectivity index (χ1n) is 19.9. The Morgan fingerprint density at radius 2 is 1.44 bits per heavy atom. The third-order valence-electron chi connectivity index (χ3n) is 9.62. The van der Waals surface area contributed by atoms with E-state index < -0.39 is 102 Å². The average molecular weight is 961 g/mol. The molecule has 4 heterocycles. The van der Waals surface area contributed by atoms with Crippen molar-refractivity contribution in [2.75, 3.05) is 79.2 Å². The fourth-order valence-corrected chi connectivity index (χ4v) is 8.24. The molecule has 12 atom stereocenters. The number of aliphatic hydroxyl groups is 5. The molecule has 3 aliphatic rings. The highest BCUT2D eigenvalue weighted by atomic mass is 31.3. The number of carbonyl (C=O) groups is 2. The van der Waals surface area contributed by atoms with Crippen LogP contribution in [-0.2, 0) is 60.4 Å². The molecule has 2 aliphatic heterocycles. The van der Waals surface area contributed by atoms with E-state index in [2.05, 4.69) is 29.9 Å². The average Bonchev–Trinajstić information content (AvgIpc) is 3.66. The first-order chi connectivity index (χ1) is 30.4. The van der Waals surface area contributed by atoms with Gasteiger partial charge in [-0.25, -0.2) is 23.9 Å². The number of fused-ring (bicyclic) bond motifs is 1. The summed E-state index contributed by atoms with van der Waals surface area (Å²) in [6.07, 6.45) is -13.8. The zero-order valence-electron chi connectivity index (χ0n) is 34.6. The summed E-state index contributed by atoms with van der Waals surface area (Å²) < 4.78 is 77.6. The van der Waals surface area contributed by atoms with Gasteiger partial charge in [0.15, 0.2) is 23.7 Å². The van der Waals surface area contributed by atoms with Crippen molar-refractivity contribution in [2.24, 2.45) is 5.92 Å². The Hall–Kier alpha value is -3.35. The van der Waals surface area contributed by atoms with Crippen LogP contribution in [0.1, 0.15) is 25.4 Å². The van der Waals surface area contributed by atoms with Gasteiger partial charge in [-0.3, -0.25) is 23.2 Å². The van der Waals surface area contributed by atoms with E-state index in [9.17, 15) is 58.8 Å². The second-order valence-corrected chi connectivity index (χ2v) is 17.5. The zero-order valence-corrected chi connectivity index (χ0v) is 36.4. The van der Waals surface area contributed by atoms with Crippen LogP contribution < -0.4 is 16.2 Å². The number of H-pyrrole nitrogens is 1. The molecule has 0 saturated carbocycles. The van der Waals surface area contributed by atoms with Crippen LogP contribution in [0.5, 0.6) is 0 Å². The summed E-state index contributed by atoms with van der Waals surface area (Å²) >= 11 is 0. The van der Waals surface area contributed by atoms with Gasteiger partial charge in [0.25, 0.3) is 5.56 Å². The van der Waals surface area contributed by atoms with Gasteiger partial charge < -0.3 is 84.1 Å². The van der Waals surface area contributed by atoms with Gasteiger partial charge in [-0.15, -0.1) is 0 Å². The van der Waals surface area contributed by atoms with Crippen molar-refractivity contribution in [1.29, 1.82) is 0 Å². The van der Waals surface area contributed by atoms with Gasteiger partial charge in [-0.2, -0.15) is 4.31 Å². The van der Waals surface area contributed by atoms with Crippen LogP contribution in [0.15, 0.2) is 22.8 Å². The summed E-state index contributed by atoms with van der Waals surface area (Å²) in [5, 5.41) is 57.2. The van der Waals surface area contributed by atoms with Crippen molar-refractivity contribution in [3.63, 3.8) is 0 Å². The molecule has 64 heavy (non-hydrogen) atoms. The molecule has 28 nitrogen and oxygen atoms in total. The summed E-state index contributed by atoms with van der Waals surface area (Å²) in [4.78, 5) is 67.1. The van der Waals surface area contributed by atoms with E-state index >= 15 is 0 Å². The van der Waals surface area contributed by atoms with Crippen LogP contribution in [0.25, 0.3) is 11.2 Å². The first-order valence-corrected chi connectivity index (χ1v) is 22.9. The summed E-state index contributed by atoms with van der Waals surface area (Å²) in [5.74, 6) is -0.132. The minimum Gasteiger partial charge on any atom is -0.449 e.